The van der Waals surface area contributed by atoms with Gasteiger partial charge in [0.1, 0.15) is 0 Å². The summed E-state index contributed by atoms with van der Waals surface area (Å²) >= 11 is 0. The van der Waals surface area contributed by atoms with Crippen LogP contribution in [-0.2, 0) is 10.3 Å². The van der Waals surface area contributed by atoms with Crippen molar-refractivity contribution in [2.45, 2.75) is 45.1 Å². The van der Waals surface area contributed by atoms with Gasteiger partial charge in [0.05, 0.1) is 0 Å². The summed E-state index contributed by atoms with van der Waals surface area (Å²) in [6.45, 7) is 4.87. The highest BCUT2D eigenvalue weighted by Crippen LogP contribution is 2.49. The lowest BCUT2D eigenvalue weighted by molar-refractivity contribution is 0.0271. The lowest BCUT2D eigenvalue weighted by Crippen LogP contribution is -2.27. The van der Waals surface area contributed by atoms with Gasteiger partial charge in [0.15, 0.2) is 5.60 Å². The average molecular weight is 304 g/mol. The fraction of sp³-hybridized carbons (Fsp3) is 0.364. The third-order valence-electron chi connectivity index (χ3n) is 4.52. The smallest absolute Gasteiger partial charge is 0.180 e. The molecule has 1 nitrogen and oxygen atoms in total. The third kappa shape index (κ3) is 2.80. The van der Waals surface area contributed by atoms with Crippen molar-refractivity contribution < 1.29 is 4.74 Å². The largest absolute Gasteiger partial charge is 0.354 e. The van der Waals surface area contributed by atoms with E-state index in [1.54, 1.807) is 0 Å². The van der Waals surface area contributed by atoms with Crippen molar-refractivity contribution in [2.24, 2.45) is 0 Å². The van der Waals surface area contributed by atoms with Crippen molar-refractivity contribution in [2.75, 3.05) is 6.61 Å². The van der Waals surface area contributed by atoms with E-state index in [9.17, 15) is 0 Å². The summed E-state index contributed by atoms with van der Waals surface area (Å²) in [5.41, 5.74) is 4.27. The molecular formula is C22H24O. The molecule has 1 heteroatoms. The van der Waals surface area contributed by atoms with Crippen LogP contribution in [0.4, 0.5) is 0 Å². The van der Waals surface area contributed by atoms with Crippen molar-refractivity contribution in [1.29, 1.82) is 0 Å². The fourth-order valence-corrected chi connectivity index (χ4v) is 3.45. The van der Waals surface area contributed by atoms with Crippen molar-refractivity contribution >= 4 is 0 Å². The highest BCUT2D eigenvalue weighted by molar-refractivity contribution is 5.82. The van der Waals surface area contributed by atoms with Crippen LogP contribution in [0.1, 0.15) is 50.7 Å². The van der Waals surface area contributed by atoms with Crippen LogP contribution in [0.15, 0.2) is 48.5 Å². The van der Waals surface area contributed by atoms with Gasteiger partial charge in [0.25, 0.3) is 0 Å². The Hall–Kier alpha value is -2.04. The van der Waals surface area contributed by atoms with Gasteiger partial charge in [0.2, 0.25) is 0 Å². The first-order chi connectivity index (χ1) is 11.3. The molecule has 2 aromatic rings. The Labute approximate surface area is 139 Å². The van der Waals surface area contributed by atoms with E-state index in [2.05, 4.69) is 67.3 Å². The maximum Gasteiger partial charge on any atom is 0.180 e. The maximum atomic E-state index is 6.46. The normalized spacial score (nSPS) is 13.8. The molecular weight excluding hydrogens is 280 g/mol. The Bertz CT molecular complexity index is 687. The number of benzene rings is 2. The molecule has 1 aliphatic rings. The second-order valence-electron chi connectivity index (χ2n) is 6.06. The second kappa shape index (κ2) is 7.02. The summed E-state index contributed by atoms with van der Waals surface area (Å²) in [7, 11) is 0. The van der Waals surface area contributed by atoms with E-state index in [0.717, 1.165) is 13.0 Å². The summed E-state index contributed by atoms with van der Waals surface area (Å²) in [5.74, 6) is 6.50. The molecule has 1 aliphatic carbocycles. The lowest BCUT2D eigenvalue weighted by atomic mass is 9.91. The lowest BCUT2D eigenvalue weighted by Gasteiger charge is -2.27. The molecule has 0 saturated carbocycles. The zero-order chi connectivity index (χ0) is 16.1. The van der Waals surface area contributed by atoms with Crippen LogP contribution < -0.4 is 0 Å². The molecule has 0 aromatic heterocycles. The van der Waals surface area contributed by atoms with Gasteiger partial charge >= 0.3 is 0 Å². The Balaban J connectivity index is 1.99. The molecule has 0 aliphatic heterocycles. The van der Waals surface area contributed by atoms with Crippen molar-refractivity contribution in [3.63, 3.8) is 0 Å². The predicted octanol–water partition coefficient (Wildman–Crippen LogP) is 5.53. The highest BCUT2D eigenvalue weighted by atomic mass is 16.5. The first-order valence-corrected chi connectivity index (χ1v) is 8.60. The van der Waals surface area contributed by atoms with E-state index in [4.69, 9.17) is 4.74 Å². The van der Waals surface area contributed by atoms with Gasteiger partial charge in [-0.15, -0.1) is 5.92 Å². The Kier molecular flexibility index (Phi) is 4.84. The number of hydrogen-bond acceptors (Lipinski definition) is 1. The minimum absolute atomic E-state index is 0.603. The van der Waals surface area contributed by atoms with Gasteiger partial charge in [-0.25, -0.2) is 0 Å². The number of hydrogen-bond donors (Lipinski definition) is 0. The Morgan fingerprint density at radius 2 is 1.48 bits per heavy atom. The fourth-order valence-electron chi connectivity index (χ4n) is 3.45. The molecule has 0 amide bonds. The molecule has 0 spiro atoms. The van der Waals surface area contributed by atoms with Crippen LogP contribution in [0.3, 0.4) is 0 Å². The van der Waals surface area contributed by atoms with E-state index in [1.165, 1.54) is 41.5 Å². The summed E-state index contributed by atoms with van der Waals surface area (Å²) in [6.07, 6.45) is 4.81. The van der Waals surface area contributed by atoms with Gasteiger partial charge in [-0.2, -0.15) is 0 Å². The zero-order valence-electron chi connectivity index (χ0n) is 14.1. The SMILES string of the molecule is CC#CC1(OCCCCCC)c2ccccc2-c2ccccc21. The minimum atomic E-state index is -0.603. The molecule has 0 fully saturated rings. The summed E-state index contributed by atoms with van der Waals surface area (Å²) in [6, 6.07) is 17.0. The van der Waals surface area contributed by atoms with Crippen LogP contribution in [0.25, 0.3) is 11.1 Å². The van der Waals surface area contributed by atoms with Gasteiger partial charge < -0.3 is 4.74 Å². The van der Waals surface area contributed by atoms with E-state index in [0.29, 0.717) is 0 Å². The topological polar surface area (TPSA) is 9.23 Å². The first kappa shape index (κ1) is 15.8. The van der Waals surface area contributed by atoms with Crippen molar-refractivity contribution in [3.8, 4) is 23.0 Å². The van der Waals surface area contributed by atoms with Gasteiger partial charge in [-0.3, -0.25) is 0 Å². The quantitative estimate of drug-likeness (QED) is 0.503. The molecule has 23 heavy (non-hydrogen) atoms. The molecule has 0 N–H and O–H groups in total. The number of fused-ring (bicyclic) bond motifs is 3. The van der Waals surface area contributed by atoms with E-state index in [1.807, 2.05) is 6.92 Å². The Morgan fingerprint density at radius 1 is 0.870 bits per heavy atom. The summed E-state index contributed by atoms with van der Waals surface area (Å²) < 4.78 is 6.46. The minimum Gasteiger partial charge on any atom is -0.354 e. The van der Waals surface area contributed by atoms with Gasteiger partial charge in [-0.1, -0.05) is 80.6 Å². The molecule has 0 radical (unpaired) electrons. The van der Waals surface area contributed by atoms with Gasteiger partial charge in [0, 0.05) is 17.7 Å². The molecule has 0 atom stereocenters. The standard InChI is InChI=1S/C22H24O/c1-3-5-6-11-17-23-22(16-4-2)20-14-9-7-12-18(20)19-13-8-10-15-21(19)22/h7-10,12-15H,3,5-6,11,17H2,1-2H3. The maximum absolute atomic E-state index is 6.46. The molecule has 2 aromatic carbocycles. The van der Waals surface area contributed by atoms with Crippen LogP contribution in [-0.4, -0.2) is 6.61 Å². The summed E-state index contributed by atoms with van der Waals surface area (Å²) in [5, 5.41) is 0. The van der Waals surface area contributed by atoms with E-state index < -0.39 is 5.60 Å². The van der Waals surface area contributed by atoms with Crippen LogP contribution in [0, 0.1) is 11.8 Å². The van der Waals surface area contributed by atoms with Gasteiger partial charge in [-0.05, 0) is 24.5 Å². The van der Waals surface area contributed by atoms with Crippen LogP contribution >= 0.6 is 0 Å². The molecule has 0 saturated heterocycles. The molecule has 3 rings (SSSR count). The number of unbranched alkanes of at least 4 members (excludes halogenated alkanes) is 3. The number of rotatable bonds is 6. The average Bonchev–Trinajstić information content (AvgIpc) is 2.87. The Morgan fingerprint density at radius 3 is 2.04 bits per heavy atom. The second-order valence-corrected chi connectivity index (χ2v) is 6.06. The van der Waals surface area contributed by atoms with E-state index >= 15 is 0 Å². The summed E-state index contributed by atoms with van der Waals surface area (Å²) in [4.78, 5) is 0. The van der Waals surface area contributed by atoms with Crippen molar-refractivity contribution in [3.05, 3.63) is 59.7 Å². The highest BCUT2D eigenvalue weighted by Gasteiger charge is 2.42. The molecule has 0 unspecified atom stereocenters. The predicted molar refractivity (Wildman–Crippen MR) is 96.2 cm³/mol. The van der Waals surface area contributed by atoms with E-state index in [-0.39, 0.29) is 0 Å². The molecule has 0 heterocycles. The number of ether oxygens (including phenoxy) is 1. The van der Waals surface area contributed by atoms with Crippen LogP contribution in [0.2, 0.25) is 0 Å². The monoisotopic (exact) mass is 304 g/mol. The molecule has 0 bridgehead atoms. The van der Waals surface area contributed by atoms with Crippen molar-refractivity contribution in [1.82, 2.24) is 0 Å². The first-order valence-electron chi connectivity index (χ1n) is 8.60. The van der Waals surface area contributed by atoms with Crippen LogP contribution in [0.5, 0.6) is 0 Å². The third-order valence-corrected chi connectivity index (χ3v) is 4.52. The molecule has 118 valence electrons. The zero-order valence-corrected chi connectivity index (χ0v) is 14.1.